The van der Waals surface area contributed by atoms with Crippen molar-refractivity contribution in [3.05, 3.63) is 40.8 Å². The van der Waals surface area contributed by atoms with Gasteiger partial charge in [0.05, 0.1) is 23.9 Å². The summed E-state index contributed by atoms with van der Waals surface area (Å²) < 4.78 is 21.2. The van der Waals surface area contributed by atoms with Crippen molar-refractivity contribution in [2.24, 2.45) is 0 Å². The molecule has 1 heterocycles. The molecular weight excluding hydrogens is 382 g/mol. The van der Waals surface area contributed by atoms with Crippen LogP contribution in [0.15, 0.2) is 22.7 Å². The highest BCUT2D eigenvalue weighted by molar-refractivity contribution is 5.98. The van der Waals surface area contributed by atoms with Crippen molar-refractivity contribution in [1.29, 1.82) is 0 Å². The molecule has 0 saturated heterocycles. The maximum atomic E-state index is 12.3. The molecule has 1 unspecified atom stereocenters. The highest BCUT2D eigenvalue weighted by Gasteiger charge is 2.21. The average Bonchev–Trinajstić information content (AvgIpc) is 3.03. The van der Waals surface area contributed by atoms with Crippen LogP contribution >= 0.6 is 0 Å². The lowest BCUT2D eigenvalue weighted by molar-refractivity contribution is -0.127. The molecule has 0 aliphatic rings. The second kappa shape index (κ2) is 9.58. The molecule has 3 amide bonds. The number of benzene rings is 1. The van der Waals surface area contributed by atoms with Crippen LogP contribution in [0.5, 0.6) is 11.5 Å². The normalized spacial score (nSPS) is 11.3. The molecule has 0 radical (unpaired) electrons. The molecule has 1 aromatic carbocycles. The number of rotatable bonds is 7. The molecule has 2 aromatic rings. The van der Waals surface area contributed by atoms with Crippen LogP contribution in [-0.4, -0.2) is 43.3 Å². The Labute approximate surface area is 167 Å². The summed E-state index contributed by atoms with van der Waals surface area (Å²) in [7, 11) is 2.80. The van der Waals surface area contributed by atoms with Crippen molar-refractivity contribution < 1.29 is 33.1 Å². The predicted octanol–water partition coefficient (Wildman–Crippen LogP) is 1.88. The highest BCUT2D eigenvalue weighted by atomic mass is 16.5. The molecule has 1 atom stereocenters. The number of ether oxygens (including phenoxy) is 3. The number of hydrogen-bond acceptors (Lipinski definition) is 8. The number of hydrogen-bond donors (Lipinski definition) is 2. The van der Waals surface area contributed by atoms with E-state index in [1.807, 2.05) is 12.2 Å². The zero-order chi connectivity index (χ0) is 21.6. The minimum absolute atomic E-state index is 0.158. The summed E-state index contributed by atoms with van der Waals surface area (Å²) in [5, 5.41) is 8.14. The molecule has 10 nitrogen and oxygen atoms in total. The van der Waals surface area contributed by atoms with Crippen LogP contribution in [-0.2, 0) is 16.1 Å². The van der Waals surface area contributed by atoms with E-state index >= 15 is 0 Å². The quantitative estimate of drug-likeness (QED) is 0.668. The third kappa shape index (κ3) is 5.47. The van der Waals surface area contributed by atoms with E-state index in [4.69, 9.17) is 18.7 Å². The summed E-state index contributed by atoms with van der Waals surface area (Å²) >= 11 is 0. The molecule has 10 heteroatoms. The SMILES string of the molecule is CNC(=O)NC(=O)C(C)OC(=O)c1ccc(OCc2c(C)noc2C)c(OC)c1. The molecule has 29 heavy (non-hydrogen) atoms. The third-order valence-electron chi connectivity index (χ3n) is 4.07. The summed E-state index contributed by atoms with van der Waals surface area (Å²) in [5.41, 5.74) is 1.71. The Bertz CT molecular complexity index is 888. The van der Waals surface area contributed by atoms with E-state index in [1.54, 1.807) is 13.0 Å². The van der Waals surface area contributed by atoms with E-state index < -0.39 is 24.0 Å². The fourth-order valence-corrected chi connectivity index (χ4v) is 2.33. The van der Waals surface area contributed by atoms with Gasteiger partial charge in [0, 0.05) is 7.05 Å². The Morgan fingerprint density at radius 3 is 2.52 bits per heavy atom. The number of urea groups is 1. The Hall–Kier alpha value is -3.56. The molecule has 0 bridgehead atoms. The smallest absolute Gasteiger partial charge is 0.339 e. The standard InChI is InChI=1S/C19H23N3O7/c1-10-14(11(2)29-22-10)9-27-15-7-6-13(8-16(15)26-5)18(24)28-12(3)17(23)21-19(25)20-4/h6-8,12H,9H2,1-5H3,(H2,20,21,23,25). The average molecular weight is 405 g/mol. The first kappa shape index (κ1) is 21.7. The number of esters is 1. The third-order valence-corrected chi connectivity index (χ3v) is 4.07. The zero-order valence-electron chi connectivity index (χ0n) is 16.8. The Balaban J connectivity index is 2.06. The summed E-state index contributed by atoms with van der Waals surface area (Å²) in [4.78, 5) is 35.3. The van der Waals surface area contributed by atoms with Crippen LogP contribution in [0, 0.1) is 13.8 Å². The first-order valence-corrected chi connectivity index (χ1v) is 8.73. The molecule has 0 saturated carbocycles. The summed E-state index contributed by atoms with van der Waals surface area (Å²) in [6.07, 6.45) is -1.17. The zero-order valence-corrected chi connectivity index (χ0v) is 16.8. The van der Waals surface area contributed by atoms with Crippen LogP contribution in [0.4, 0.5) is 4.79 Å². The minimum atomic E-state index is -1.17. The van der Waals surface area contributed by atoms with E-state index in [-0.39, 0.29) is 12.2 Å². The van der Waals surface area contributed by atoms with E-state index in [0.29, 0.717) is 17.3 Å². The maximum Gasteiger partial charge on any atom is 0.339 e. The van der Waals surface area contributed by atoms with Gasteiger partial charge in [-0.15, -0.1) is 0 Å². The van der Waals surface area contributed by atoms with Crippen molar-refractivity contribution in [3.63, 3.8) is 0 Å². The molecule has 0 aliphatic carbocycles. The van der Waals surface area contributed by atoms with E-state index in [0.717, 1.165) is 11.3 Å². The van der Waals surface area contributed by atoms with Gasteiger partial charge in [-0.25, -0.2) is 9.59 Å². The van der Waals surface area contributed by atoms with Crippen LogP contribution in [0.3, 0.4) is 0 Å². The molecule has 2 N–H and O–H groups in total. The molecule has 156 valence electrons. The monoisotopic (exact) mass is 405 g/mol. The molecule has 0 fully saturated rings. The lowest BCUT2D eigenvalue weighted by Crippen LogP contribution is -2.43. The largest absolute Gasteiger partial charge is 0.493 e. The van der Waals surface area contributed by atoms with Gasteiger partial charge < -0.3 is 24.1 Å². The van der Waals surface area contributed by atoms with Crippen molar-refractivity contribution in [2.75, 3.05) is 14.2 Å². The lowest BCUT2D eigenvalue weighted by Gasteiger charge is -2.14. The van der Waals surface area contributed by atoms with Crippen LogP contribution in [0.25, 0.3) is 0 Å². The molecule has 1 aromatic heterocycles. The van der Waals surface area contributed by atoms with E-state index in [2.05, 4.69) is 10.5 Å². The highest BCUT2D eigenvalue weighted by Crippen LogP contribution is 2.30. The Morgan fingerprint density at radius 2 is 1.93 bits per heavy atom. The van der Waals surface area contributed by atoms with Crippen molar-refractivity contribution >= 4 is 17.9 Å². The van der Waals surface area contributed by atoms with Gasteiger partial charge in [0.2, 0.25) is 0 Å². The van der Waals surface area contributed by atoms with Gasteiger partial charge >= 0.3 is 12.0 Å². The molecule has 0 aliphatic heterocycles. The number of carbonyl (C=O) groups excluding carboxylic acids is 3. The van der Waals surface area contributed by atoms with Gasteiger partial charge in [-0.1, -0.05) is 5.16 Å². The van der Waals surface area contributed by atoms with Gasteiger partial charge in [-0.2, -0.15) is 0 Å². The van der Waals surface area contributed by atoms with Crippen LogP contribution in [0.2, 0.25) is 0 Å². The van der Waals surface area contributed by atoms with E-state index in [1.165, 1.54) is 33.2 Å². The fraction of sp³-hybridized carbons (Fsp3) is 0.368. The number of carbonyl (C=O) groups is 3. The first-order valence-electron chi connectivity index (χ1n) is 8.73. The van der Waals surface area contributed by atoms with Gasteiger partial charge in [0.25, 0.3) is 5.91 Å². The first-order chi connectivity index (χ1) is 13.8. The van der Waals surface area contributed by atoms with Gasteiger partial charge in [-0.05, 0) is 39.0 Å². The van der Waals surface area contributed by atoms with Crippen molar-refractivity contribution in [1.82, 2.24) is 15.8 Å². The Kier molecular flexibility index (Phi) is 7.18. The van der Waals surface area contributed by atoms with Crippen LogP contribution in [0.1, 0.15) is 34.3 Å². The van der Waals surface area contributed by atoms with Gasteiger partial charge in [0.15, 0.2) is 17.6 Å². The Morgan fingerprint density at radius 1 is 1.21 bits per heavy atom. The molecule has 0 spiro atoms. The number of aryl methyl sites for hydroxylation is 2. The number of amides is 3. The predicted molar refractivity (Wildman–Crippen MR) is 101 cm³/mol. The van der Waals surface area contributed by atoms with Crippen molar-refractivity contribution in [2.45, 2.75) is 33.5 Å². The van der Waals surface area contributed by atoms with Crippen molar-refractivity contribution in [3.8, 4) is 11.5 Å². The molecule has 2 rings (SSSR count). The lowest BCUT2D eigenvalue weighted by atomic mass is 10.2. The number of imide groups is 1. The fourth-order valence-electron chi connectivity index (χ4n) is 2.33. The second-order valence-corrected chi connectivity index (χ2v) is 6.07. The van der Waals surface area contributed by atoms with Crippen LogP contribution < -0.4 is 20.1 Å². The molecular formula is C19H23N3O7. The number of nitrogens with one attached hydrogen (secondary N) is 2. The number of nitrogens with zero attached hydrogens (tertiary/aromatic N) is 1. The number of methoxy groups -OCH3 is 1. The van der Waals surface area contributed by atoms with Gasteiger partial charge in [0.1, 0.15) is 12.4 Å². The summed E-state index contributed by atoms with van der Waals surface area (Å²) in [6, 6.07) is 3.79. The summed E-state index contributed by atoms with van der Waals surface area (Å²) in [6.45, 7) is 5.18. The topological polar surface area (TPSA) is 129 Å². The second-order valence-electron chi connectivity index (χ2n) is 6.07. The van der Waals surface area contributed by atoms with Gasteiger partial charge in [-0.3, -0.25) is 10.1 Å². The number of aromatic nitrogens is 1. The minimum Gasteiger partial charge on any atom is -0.493 e. The van der Waals surface area contributed by atoms with E-state index in [9.17, 15) is 14.4 Å². The maximum absolute atomic E-state index is 12.3. The summed E-state index contributed by atoms with van der Waals surface area (Å²) in [5.74, 6) is -0.113.